The fourth-order valence-corrected chi connectivity index (χ4v) is 4.15. The molecule has 1 atom stereocenters. The quantitative estimate of drug-likeness (QED) is 0.903. The number of pyridine rings is 1. The molecule has 1 aliphatic heterocycles. The summed E-state index contributed by atoms with van der Waals surface area (Å²) < 4.78 is 34.2. The maximum atomic E-state index is 12.9. The van der Waals surface area contributed by atoms with Crippen molar-refractivity contribution in [1.29, 1.82) is 0 Å². The minimum Gasteiger partial charge on any atom is -0.380 e. The van der Waals surface area contributed by atoms with Crippen LogP contribution in [0.3, 0.4) is 0 Å². The Hall–Kier alpha value is -1.64. The summed E-state index contributed by atoms with van der Waals surface area (Å²) in [5.74, 6) is 0.354. The molecular weight excluding hydrogens is 292 g/mol. The molecule has 2 aromatic heterocycles. The van der Waals surface area contributed by atoms with Gasteiger partial charge in [-0.25, -0.2) is 13.4 Å². The van der Waals surface area contributed by atoms with Gasteiger partial charge in [-0.3, -0.25) is 4.40 Å². The Morgan fingerprint density at radius 1 is 1.48 bits per heavy atom. The van der Waals surface area contributed by atoms with Crippen molar-refractivity contribution in [1.82, 2.24) is 13.7 Å². The van der Waals surface area contributed by atoms with Crippen LogP contribution >= 0.6 is 0 Å². The van der Waals surface area contributed by atoms with Gasteiger partial charge in [-0.2, -0.15) is 4.31 Å². The zero-order valence-electron chi connectivity index (χ0n) is 12.0. The minimum absolute atomic E-state index is 0.131. The van der Waals surface area contributed by atoms with Gasteiger partial charge in [0.25, 0.3) is 10.0 Å². The van der Waals surface area contributed by atoms with Crippen molar-refractivity contribution < 1.29 is 13.2 Å². The first kappa shape index (κ1) is 14.3. The van der Waals surface area contributed by atoms with Crippen LogP contribution in [0.2, 0.25) is 0 Å². The summed E-state index contributed by atoms with van der Waals surface area (Å²) >= 11 is 0. The third kappa shape index (κ3) is 2.29. The van der Waals surface area contributed by atoms with Crippen LogP contribution in [0.5, 0.6) is 0 Å². The number of nitrogens with one attached hydrogen (secondary N) is 1. The zero-order valence-corrected chi connectivity index (χ0v) is 12.8. The molecule has 3 rings (SSSR count). The molecule has 21 heavy (non-hydrogen) atoms. The molecule has 8 heteroatoms. The van der Waals surface area contributed by atoms with Crippen LogP contribution in [0.1, 0.15) is 6.42 Å². The fraction of sp³-hybridized carbons (Fsp3) is 0.462. The van der Waals surface area contributed by atoms with E-state index in [0.717, 1.165) is 0 Å². The van der Waals surface area contributed by atoms with Gasteiger partial charge in [0.1, 0.15) is 5.65 Å². The second-order valence-corrected chi connectivity index (χ2v) is 6.90. The van der Waals surface area contributed by atoms with E-state index < -0.39 is 10.0 Å². The predicted octanol–water partition coefficient (Wildman–Crippen LogP) is 0.785. The summed E-state index contributed by atoms with van der Waals surface area (Å²) in [7, 11) is -0.397. The van der Waals surface area contributed by atoms with Gasteiger partial charge in [0.05, 0.1) is 12.6 Å². The van der Waals surface area contributed by atoms with Crippen LogP contribution in [0, 0.1) is 0 Å². The summed E-state index contributed by atoms with van der Waals surface area (Å²) in [5, 5.41) is 3.03. The Kier molecular flexibility index (Phi) is 3.60. The standard InChI is InChI=1S/C13H18N4O3S/c1-14-12-13(17-7-4-3-5-11(17)15-12)21(18,19)16(2)10-6-8-20-9-10/h3-5,7,10,14H,6,8-9H2,1-2H3. The molecule has 1 saturated heterocycles. The van der Waals surface area contributed by atoms with Crippen LogP contribution < -0.4 is 5.32 Å². The number of rotatable bonds is 4. The van der Waals surface area contributed by atoms with Crippen LogP contribution in [-0.2, 0) is 14.8 Å². The van der Waals surface area contributed by atoms with Gasteiger partial charge in [0.15, 0.2) is 10.8 Å². The van der Waals surface area contributed by atoms with Crippen molar-refractivity contribution >= 4 is 21.5 Å². The topological polar surface area (TPSA) is 75.9 Å². The third-order valence-corrected chi connectivity index (χ3v) is 5.70. The van der Waals surface area contributed by atoms with Crippen molar-refractivity contribution in [2.45, 2.75) is 17.5 Å². The van der Waals surface area contributed by atoms with Crippen LogP contribution in [0.4, 0.5) is 5.82 Å². The summed E-state index contributed by atoms with van der Waals surface area (Å²) in [6.07, 6.45) is 2.41. The average Bonchev–Trinajstić information content (AvgIpc) is 3.13. The van der Waals surface area contributed by atoms with Crippen molar-refractivity contribution in [3.63, 3.8) is 0 Å². The number of ether oxygens (including phenoxy) is 1. The summed E-state index contributed by atoms with van der Waals surface area (Å²) in [6.45, 7) is 1.03. The molecule has 0 radical (unpaired) electrons. The van der Waals surface area contributed by atoms with E-state index in [0.29, 0.717) is 31.1 Å². The highest BCUT2D eigenvalue weighted by Gasteiger charge is 2.34. The number of imidazole rings is 1. The number of aromatic nitrogens is 2. The number of nitrogens with zero attached hydrogens (tertiary/aromatic N) is 3. The molecule has 114 valence electrons. The van der Waals surface area contributed by atoms with E-state index in [1.807, 2.05) is 6.07 Å². The first-order chi connectivity index (χ1) is 10.1. The van der Waals surface area contributed by atoms with Crippen molar-refractivity contribution in [3.8, 4) is 0 Å². The lowest BCUT2D eigenvalue weighted by molar-refractivity contribution is 0.180. The molecule has 0 spiro atoms. The van der Waals surface area contributed by atoms with E-state index in [1.165, 1.54) is 4.31 Å². The van der Waals surface area contributed by atoms with Gasteiger partial charge >= 0.3 is 0 Å². The number of likely N-dealkylation sites (N-methyl/N-ethyl adjacent to an activating group) is 1. The molecule has 1 unspecified atom stereocenters. The van der Waals surface area contributed by atoms with E-state index >= 15 is 0 Å². The average molecular weight is 310 g/mol. The van der Waals surface area contributed by atoms with Gasteiger partial charge in [0.2, 0.25) is 0 Å². The number of sulfonamides is 1. The molecule has 0 bridgehead atoms. The van der Waals surface area contributed by atoms with Gasteiger partial charge in [0, 0.05) is 26.9 Å². The molecule has 1 aliphatic rings. The first-order valence-corrected chi connectivity index (χ1v) is 8.20. The second-order valence-electron chi connectivity index (χ2n) is 4.98. The summed E-state index contributed by atoms with van der Waals surface area (Å²) in [4.78, 5) is 4.32. The molecule has 2 aromatic rings. The van der Waals surface area contributed by atoms with Crippen LogP contribution in [0.15, 0.2) is 29.4 Å². The molecule has 0 aromatic carbocycles. The molecular formula is C13H18N4O3S. The summed E-state index contributed by atoms with van der Waals surface area (Å²) in [6, 6.07) is 5.26. The van der Waals surface area contributed by atoms with Gasteiger partial charge in [-0.15, -0.1) is 0 Å². The lowest BCUT2D eigenvalue weighted by Gasteiger charge is -2.22. The number of anilines is 1. The van der Waals surface area contributed by atoms with Gasteiger partial charge in [-0.05, 0) is 18.6 Å². The molecule has 0 aliphatic carbocycles. The van der Waals surface area contributed by atoms with E-state index in [9.17, 15) is 8.42 Å². The number of fused-ring (bicyclic) bond motifs is 1. The molecule has 7 nitrogen and oxygen atoms in total. The Balaban J connectivity index is 2.13. The monoisotopic (exact) mass is 310 g/mol. The fourth-order valence-electron chi connectivity index (χ4n) is 2.52. The third-order valence-electron chi connectivity index (χ3n) is 3.77. The highest BCUT2D eigenvalue weighted by atomic mass is 32.2. The lowest BCUT2D eigenvalue weighted by atomic mass is 10.3. The molecule has 3 heterocycles. The largest absolute Gasteiger partial charge is 0.380 e. The smallest absolute Gasteiger partial charge is 0.262 e. The lowest BCUT2D eigenvalue weighted by Crippen LogP contribution is -2.38. The van der Waals surface area contributed by atoms with Crippen molar-refractivity contribution in [3.05, 3.63) is 24.4 Å². The molecule has 1 fully saturated rings. The molecule has 0 amide bonds. The van der Waals surface area contributed by atoms with Crippen molar-refractivity contribution in [2.75, 3.05) is 32.6 Å². The predicted molar refractivity (Wildman–Crippen MR) is 78.9 cm³/mol. The van der Waals surface area contributed by atoms with Crippen LogP contribution in [-0.4, -0.2) is 55.5 Å². The zero-order chi connectivity index (χ0) is 15.0. The summed E-state index contributed by atoms with van der Waals surface area (Å²) in [5.41, 5.74) is 0.594. The normalized spacial score (nSPS) is 19.5. The Bertz CT molecular complexity index is 750. The molecule has 1 N–H and O–H groups in total. The highest BCUT2D eigenvalue weighted by molar-refractivity contribution is 7.89. The van der Waals surface area contributed by atoms with E-state index in [1.54, 1.807) is 36.8 Å². The Morgan fingerprint density at radius 3 is 2.95 bits per heavy atom. The second kappa shape index (κ2) is 5.28. The maximum Gasteiger partial charge on any atom is 0.262 e. The van der Waals surface area contributed by atoms with Crippen molar-refractivity contribution in [2.24, 2.45) is 0 Å². The maximum absolute atomic E-state index is 12.9. The van der Waals surface area contributed by atoms with E-state index in [-0.39, 0.29) is 11.1 Å². The van der Waals surface area contributed by atoms with E-state index in [4.69, 9.17) is 4.74 Å². The minimum atomic E-state index is -3.66. The number of hydrogen-bond donors (Lipinski definition) is 1. The van der Waals surface area contributed by atoms with Crippen LogP contribution in [0.25, 0.3) is 5.65 Å². The SMILES string of the molecule is CNc1nc2ccccn2c1S(=O)(=O)N(C)C1CCOC1. The highest BCUT2D eigenvalue weighted by Crippen LogP contribution is 2.27. The molecule has 0 saturated carbocycles. The van der Waals surface area contributed by atoms with Gasteiger partial charge in [-0.1, -0.05) is 6.07 Å². The Morgan fingerprint density at radius 2 is 2.29 bits per heavy atom. The van der Waals surface area contributed by atoms with E-state index in [2.05, 4.69) is 10.3 Å². The first-order valence-electron chi connectivity index (χ1n) is 6.76. The van der Waals surface area contributed by atoms with Gasteiger partial charge < -0.3 is 10.1 Å². The number of hydrogen-bond acceptors (Lipinski definition) is 5. The Labute approximate surface area is 123 Å².